The van der Waals surface area contributed by atoms with Crippen molar-refractivity contribution in [1.29, 1.82) is 0 Å². The van der Waals surface area contributed by atoms with Crippen molar-refractivity contribution in [2.75, 3.05) is 18.6 Å². The Labute approximate surface area is 153 Å². The summed E-state index contributed by atoms with van der Waals surface area (Å²) in [6.07, 6.45) is 4.78. The van der Waals surface area contributed by atoms with Crippen molar-refractivity contribution in [2.24, 2.45) is 0 Å². The third-order valence-electron chi connectivity index (χ3n) is 5.50. The van der Waals surface area contributed by atoms with Crippen LogP contribution in [0.5, 0.6) is 0 Å². The van der Waals surface area contributed by atoms with Gasteiger partial charge in [0, 0.05) is 31.7 Å². The van der Waals surface area contributed by atoms with Gasteiger partial charge in [0.2, 0.25) is 0 Å². The molecule has 1 saturated heterocycles. The number of carbonyl (C=O) groups excluding carboxylic acids is 1. The number of nitrogens with zero attached hydrogens (tertiary/aromatic N) is 4. The van der Waals surface area contributed by atoms with Crippen LogP contribution in [0.1, 0.15) is 47.6 Å². The first-order valence-electron chi connectivity index (χ1n) is 9.20. The molecule has 2 aliphatic heterocycles. The first-order valence-corrected chi connectivity index (χ1v) is 11.0. The van der Waals surface area contributed by atoms with Crippen LogP contribution in [0.25, 0.3) is 11.2 Å². The highest BCUT2D eigenvalue weighted by atomic mass is 32.2. The quantitative estimate of drug-likeness (QED) is 0.797. The summed E-state index contributed by atoms with van der Waals surface area (Å²) in [6.45, 7) is 2.76. The predicted octanol–water partition coefficient (Wildman–Crippen LogP) is 1.73. The Balaban J connectivity index is 1.75. The molecule has 0 spiro atoms. The van der Waals surface area contributed by atoms with E-state index in [-0.39, 0.29) is 23.5 Å². The molecule has 0 bridgehead atoms. The number of carbonyl (C=O) groups is 1. The lowest BCUT2D eigenvalue weighted by molar-refractivity contribution is 0.0749. The zero-order valence-electron chi connectivity index (χ0n) is 15.2. The fraction of sp³-hybridized carbons (Fsp3) is 0.611. The number of hydrogen-bond acceptors (Lipinski definition) is 5. The topological polar surface area (TPSA) is 85.2 Å². The van der Waals surface area contributed by atoms with Gasteiger partial charge in [0.25, 0.3) is 5.91 Å². The smallest absolute Gasteiger partial charge is 0.256 e. The van der Waals surface area contributed by atoms with Crippen LogP contribution in [-0.4, -0.2) is 58.4 Å². The maximum absolute atomic E-state index is 13.1. The van der Waals surface area contributed by atoms with Crippen molar-refractivity contribution < 1.29 is 13.2 Å². The number of fused-ring (bicyclic) bond motifs is 3. The van der Waals surface area contributed by atoms with Gasteiger partial charge in [0.05, 0.1) is 17.1 Å². The molecule has 0 saturated carbocycles. The van der Waals surface area contributed by atoms with Crippen molar-refractivity contribution in [3.8, 4) is 0 Å². The minimum atomic E-state index is -3.04. The first-order chi connectivity index (χ1) is 12.4. The molecule has 2 aromatic heterocycles. The summed E-state index contributed by atoms with van der Waals surface area (Å²) in [5.41, 5.74) is 2.73. The number of hydrogen-bond donors (Lipinski definition) is 0. The van der Waals surface area contributed by atoms with E-state index in [1.54, 1.807) is 18.0 Å². The van der Waals surface area contributed by atoms with Gasteiger partial charge in [0.1, 0.15) is 11.3 Å². The molecule has 1 unspecified atom stereocenters. The zero-order chi connectivity index (χ0) is 18.5. The maximum Gasteiger partial charge on any atom is 0.256 e. The molecule has 0 N–H and O–H groups in total. The average Bonchev–Trinajstić information content (AvgIpc) is 3.03. The number of amides is 1. The molecule has 8 heteroatoms. The molecule has 4 rings (SSSR count). The molecule has 1 fully saturated rings. The van der Waals surface area contributed by atoms with E-state index in [9.17, 15) is 13.2 Å². The summed E-state index contributed by atoms with van der Waals surface area (Å²) in [6, 6.07) is 1.51. The second-order valence-corrected chi connectivity index (χ2v) is 9.68. The molecule has 0 radical (unpaired) electrons. The van der Waals surface area contributed by atoms with Gasteiger partial charge in [-0.1, -0.05) is 6.42 Å². The number of sulfone groups is 1. The molecule has 2 aliphatic rings. The van der Waals surface area contributed by atoms with Crippen molar-refractivity contribution in [2.45, 2.75) is 51.6 Å². The van der Waals surface area contributed by atoms with Crippen molar-refractivity contribution in [3.63, 3.8) is 0 Å². The van der Waals surface area contributed by atoms with E-state index in [0.717, 1.165) is 43.0 Å². The highest BCUT2D eigenvalue weighted by Gasteiger charge is 2.34. The van der Waals surface area contributed by atoms with E-state index in [2.05, 4.69) is 9.55 Å². The number of aromatic nitrogens is 3. The molecule has 0 aromatic carbocycles. The Bertz CT molecular complexity index is 980. The van der Waals surface area contributed by atoms with Gasteiger partial charge in [-0.25, -0.2) is 18.4 Å². The normalized spacial score (nSPS) is 22.2. The van der Waals surface area contributed by atoms with Crippen molar-refractivity contribution >= 4 is 26.9 Å². The van der Waals surface area contributed by atoms with Crippen LogP contribution < -0.4 is 0 Å². The second-order valence-electron chi connectivity index (χ2n) is 7.45. The summed E-state index contributed by atoms with van der Waals surface area (Å²) in [4.78, 5) is 24.1. The Kier molecular flexibility index (Phi) is 4.25. The number of aryl methyl sites for hydroxylation is 3. The SMILES string of the molecule is Cc1cc(C(=O)N(C)C2CCS(=O)(=O)C2)c2nc3n(c2n1)CCCCC3. The van der Waals surface area contributed by atoms with Crippen LogP contribution in [0.15, 0.2) is 6.07 Å². The fourth-order valence-corrected chi connectivity index (χ4v) is 5.79. The van der Waals surface area contributed by atoms with E-state index >= 15 is 0 Å². The lowest BCUT2D eigenvalue weighted by atomic mass is 10.1. The highest BCUT2D eigenvalue weighted by Crippen LogP contribution is 2.26. The molecule has 140 valence electrons. The van der Waals surface area contributed by atoms with Crippen molar-refractivity contribution in [1.82, 2.24) is 19.4 Å². The van der Waals surface area contributed by atoms with Crippen LogP contribution in [0.3, 0.4) is 0 Å². The minimum Gasteiger partial charge on any atom is -0.338 e. The summed E-state index contributed by atoms with van der Waals surface area (Å²) in [5, 5.41) is 0. The predicted molar refractivity (Wildman–Crippen MR) is 99.0 cm³/mol. The fourth-order valence-electron chi connectivity index (χ4n) is 4.02. The Morgan fingerprint density at radius 1 is 1.27 bits per heavy atom. The second kappa shape index (κ2) is 6.33. The highest BCUT2D eigenvalue weighted by molar-refractivity contribution is 7.91. The van der Waals surface area contributed by atoms with Gasteiger partial charge in [-0.2, -0.15) is 0 Å². The Morgan fingerprint density at radius 2 is 2.08 bits per heavy atom. The van der Waals surface area contributed by atoms with E-state index in [0.29, 0.717) is 17.5 Å². The number of rotatable bonds is 2. The largest absolute Gasteiger partial charge is 0.338 e. The molecule has 7 nitrogen and oxygen atoms in total. The third-order valence-corrected chi connectivity index (χ3v) is 7.25. The first kappa shape index (κ1) is 17.5. The van der Waals surface area contributed by atoms with E-state index in [4.69, 9.17) is 4.98 Å². The van der Waals surface area contributed by atoms with Gasteiger partial charge in [-0.05, 0) is 32.3 Å². The molecular formula is C18H24N4O3S. The van der Waals surface area contributed by atoms with Crippen LogP contribution in [0.2, 0.25) is 0 Å². The average molecular weight is 376 g/mol. The van der Waals surface area contributed by atoms with Crippen LogP contribution in [-0.2, 0) is 22.8 Å². The van der Waals surface area contributed by atoms with Gasteiger partial charge in [-0.3, -0.25) is 4.79 Å². The monoisotopic (exact) mass is 376 g/mol. The van der Waals surface area contributed by atoms with Crippen LogP contribution in [0.4, 0.5) is 0 Å². The van der Waals surface area contributed by atoms with E-state index < -0.39 is 9.84 Å². The van der Waals surface area contributed by atoms with E-state index in [1.807, 2.05) is 6.92 Å². The summed E-state index contributed by atoms with van der Waals surface area (Å²) in [5.74, 6) is 1.02. The van der Waals surface area contributed by atoms with Gasteiger partial charge in [0.15, 0.2) is 15.5 Å². The lowest BCUT2D eigenvalue weighted by Gasteiger charge is -2.23. The summed E-state index contributed by atoms with van der Waals surface area (Å²) in [7, 11) is -1.35. The Morgan fingerprint density at radius 3 is 2.81 bits per heavy atom. The van der Waals surface area contributed by atoms with E-state index in [1.165, 1.54) is 6.42 Å². The number of imidazole rings is 1. The molecule has 1 amide bonds. The molecular weight excluding hydrogens is 352 g/mol. The summed E-state index contributed by atoms with van der Waals surface area (Å²) < 4.78 is 25.7. The Hall–Kier alpha value is -1.96. The standard InChI is InChI=1S/C18H24N4O3S/c1-12-10-14(18(23)21(2)13-7-9-26(24,25)11-13)16-17(19-12)22-8-5-3-4-6-15(22)20-16/h10,13H,3-9,11H2,1-2H3. The molecule has 0 aliphatic carbocycles. The van der Waals surface area contributed by atoms with Gasteiger partial charge >= 0.3 is 0 Å². The van der Waals surface area contributed by atoms with Crippen LogP contribution in [0, 0.1) is 6.92 Å². The maximum atomic E-state index is 13.1. The molecule has 4 heterocycles. The van der Waals surface area contributed by atoms with Gasteiger partial charge in [-0.15, -0.1) is 0 Å². The van der Waals surface area contributed by atoms with Gasteiger partial charge < -0.3 is 9.47 Å². The van der Waals surface area contributed by atoms with Crippen molar-refractivity contribution in [3.05, 3.63) is 23.1 Å². The van der Waals surface area contributed by atoms with Crippen LogP contribution >= 0.6 is 0 Å². The lowest BCUT2D eigenvalue weighted by Crippen LogP contribution is -2.38. The molecule has 2 aromatic rings. The molecule has 1 atom stereocenters. The molecule has 26 heavy (non-hydrogen) atoms. The minimum absolute atomic E-state index is 0.0438. The zero-order valence-corrected chi connectivity index (χ0v) is 16.0. The third kappa shape index (κ3) is 3.00. The number of pyridine rings is 1. The summed E-state index contributed by atoms with van der Waals surface area (Å²) >= 11 is 0.